The molecule has 3 aromatic rings. The van der Waals surface area contributed by atoms with E-state index in [1.807, 2.05) is 24.4 Å². The summed E-state index contributed by atoms with van der Waals surface area (Å²) < 4.78 is 5.36. The molecule has 0 saturated heterocycles. The fourth-order valence-electron chi connectivity index (χ4n) is 3.51. The third-order valence-electron chi connectivity index (χ3n) is 4.88. The van der Waals surface area contributed by atoms with Crippen LogP contribution in [0.3, 0.4) is 0 Å². The summed E-state index contributed by atoms with van der Waals surface area (Å²) >= 11 is 1.66. The van der Waals surface area contributed by atoms with E-state index in [0.717, 1.165) is 28.8 Å². The van der Waals surface area contributed by atoms with Crippen LogP contribution in [0.15, 0.2) is 52.5 Å². The number of nitrogens with one attached hydrogen (secondary N) is 1. The predicted octanol–water partition coefficient (Wildman–Crippen LogP) is 5.05. The van der Waals surface area contributed by atoms with Crippen molar-refractivity contribution in [1.82, 2.24) is 5.32 Å². The number of carbonyl (C=O) groups is 1. The summed E-state index contributed by atoms with van der Waals surface area (Å²) in [6.07, 6.45) is 6.37. The van der Waals surface area contributed by atoms with E-state index in [0.29, 0.717) is 5.76 Å². The molecule has 1 aromatic carbocycles. The summed E-state index contributed by atoms with van der Waals surface area (Å²) in [6.45, 7) is 1.89. The normalized spacial score (nSPS) is 14.8. The summed E-state index contributed by atoms with van der Waals surface area (Å²) in [7, 11) is 0. The Hall–Kier alpha value is -2.33. The second-order valence-electron chi connectivity index (χ2n) is 6.59. The van der Waals surface area contributed by atoms with Gasteiger partial charge in [-0.2, -0.15) is 0 Å². The molecule has 1 aliphatic carbocycles. The van der Waals surface area contributed by atoms with Crippen LogP contribution in [0.2, 0.25) is 0 Å². The first kappa shape index (κ1) is 16.2. The maximum atomic E-state index is 12.7. The summed E-state index contributed by atoms with van der Waals surface area (Å²) in [4.78, 5) is 13.8. The monoisotopic (exact) mass is 351 g/mol. The van der Waals surface area contributed by atoms with Crippen molar-refractivity contribution in [2.75, 3.05) is 0 Å². The molecule has 2 aromatic heterocycles. The predicted molar refractivity (Wildman–Crippen MR) is 100 cm³/mol. The maximum Gasteiger partial charge on any atom is 0.288 e. The van der Waals surface area contributed by atoms with Crippen molar-refractivity contribution >= 4 is 17.2 Å². The van der Waals surface area contributed by atoms with Crippen molar-refractivity contribution in [2.45, 2.75) is 38.6 Å². The van der Waals surface area contributed by atoms with Crippen LogP contribution in [-0.4, -0.2) is 5.91 Å². The Kier molecular flexibility index (Phi) is 4.45. The Morgan fingerprint density at radius 2 is 2.00 bits per heavy atom. The topological polar surface area (TPSA) is 42.2 Å². The van der Waals surface area contributed by atoms with Gasteiger partial charge in [0.25, 0.3) is 5.91 Å². The van der Waals surface area contributed by atoms with Crippen LogP contribution < -0.4 is 5.32 Å². The first-order valence-corrected chi connectivity index (χ1v) is 9.60. The molecule has 0 spiro atoms. The summed E-state index contributed by atoms with van der Waals surface area (Å²) in [5.41, 5.74) is 4.87. The lowest BCUT2D eigenvalue weighted by Gasteiger charge is -2.22. The van der Waals surface area contributed by atoms with E-state index in [2.05, 4.69) is 29.6 Å². The maximum absolute atomic E-state index is 12.7. The second-order valence-corrected chi connectivity index (χ2v) is 7.57. The molecule has 3 nitrogen and oxygen atoms in total. The molecule has 0 unspecified atom stereocenters. The molecule has 25 heavy (non-hydrogen) atoms. The largest absolute Gasteiger partial charge is 0.459 e. The average Bonchev–Trinajstić information content (AvgIpc) is 3.31. The molecule has 0 aliphatic heterocycles. The Balaban J connectivity index is 1.67. The number of carbonyl (C=O) groups excluding carboxylic acids is 1. The molecule has 1 aliphatic rings. The minimum Gasteiger partial charge on any atom is -0.459 e. The molecule has 2 heterocycles. The van der Waals surface area contributed by atoms with Gasteiger partial charge in [0.1, 0.15) is 0 Å². The van der Waals surface area contributed by atoms with Gasteiger partial charge < -0.3 is 9.73 Å². The van der Waals surface area contributed by atoms with E-state index in [9.17, 15) is 4.79 Å². The third-order valence-corrected chi connectivity index (χ3v) is 5.81. The highest BCUT2D eigenvalue weighted by Crippen LogP contribution is 2.30. The minimum absolute atomic E-state index is 0.149. The summed E-state index contributed by atoms with van der Waals surface area (Å²) in [6, 6.07) is 12.4. The molecule has 0 fully saturated rings. The van der Waals surface area contributed by atoms with Crippen molar-refractivity contribution in [3.8, 4) is 0 Å². The highest BCUT2D eigenvalue weighted by molar-refractivity contribution is 7.10. The number of hydrogen-bond donors (Lipinski definition) is 1. The number of rotatable bonds is 4. The van der Waals surface area contributed by atoms with Crippen molar-refractivity contribution < 1.29 is 9.21 Å². The van der Waals surface area contributed by atoms with Gasteiger partial charge in [0, 0.05) is 10.4 Å². The van der Waals surface area contributed by atoms with Crippen molar-refractivity contribution in [1.29, 1.82) is 0 Å². The van der Waals surface area contributed by atoms with E-state index in [-0.39, 0.29) is 11.9 Å². The first-order chi connectivity index (χ1) is 12.2. The molecular weight excluding hydrogens is 330 g/mol. The minimum atomic E-state index is -0.168. The van der Waals surface area contributed by atoms with Crippen LogP contribution in [0.4, 0.5) is 0 Å². The van der Waals surface area contributed by atoms with E-state index in [1.54, 1.807) is 17.6 Å². The van der Waals surface area contributed by atoms with Gasteiger partial charge in [0.05, 0.1) is 12.3 Å². The molecule has 4 rings (SSSR count). The van der Waals surface area contributed by atoms with Crippen molar-refractivity contribution in [2.24, 2.45) is 0 Å². The van der Waals surface area contributed by atoms with Crippen LogP contribution in [-0.2, 0) is 12.8 Å². The molecule has 0 bridgehead atoms. The highest BCUT2D eigenvalue weighted by Gasteiger charge is 2.22. The lowest BCUT2D eigenvalue weighted by molar-refractivity contribution is 0.0914. The number of fused-ring (bicyclic) bond motifs is 1. The van der Waals surface area contributed by atoms with Gasteiger partial charge in [-0.1, -0.05) is 24.3 Å². The summed E-state index contributed by atoms with van der Waals surface area (Å²) in [5, 5.41) is 5.21. The molecule has 1 atom stereocenters. The zero-order valence-corrected chi connectivity index (χ0v) is 15.1. The second kappa shape index (κ2) is 6.89. The molecule has 0 saturated carbocycles. The quantitative estimate of drug-likeness (QED) is 0.715. The van der Waals surface area contributed by atoms with E-state index >= 15 is 0 Å². The van der Waals surface area contributed by atoms with Crippen LogP contribution in [0.5, 0.6) is 0 Å². The van der Waals surface area contributed by atoms with Crippen LogP contribution in [0.25, 0.3) is 0 Å². The SMILES string of the molecule is Cc1ccoc1C(=O)N[C@@H](c1ccc2c(c1)CCCC2)c1cccs1. The van der Waals surface area contributed by atoms with E-state index in [1.165, 1.54) is 24.0 Å². The van der Waals surface area contributed by atoms with Gasteiger partial charge in [-0.3, -0.25) is 4.79 Å². The number of amides is 1. The van der Waals surface area contributed by atoms with E-state index < -0.39 is 0 Å². The number of aryl methyl sites for hydroxylation is 3. The summed E-state index contributed by atoms with van der Waals surface area (Å²) in [5.74, 6) is 0.220. The Morgan fingerprint density at radius 3 is 2.72 bits per heavy atom. The average molecular weight is 351 g/mol. The van der Waals surface area contributed by atoms with Gasteiger partial charge >= 0.3 is 0 Å². The highest BCUT2D eigenvalue weighted by atomic mass is 32.1. The standard InChI is InChI=1S/C21H21NO2S/c1-14-10-11-24-20(14)21(23)22-19(18-7-4-12-25-18)17-9-8-15-5-2-3-6-16(15)13-17/h4,7-13,19H,2-3,5-6H2,1H3,(H,22,23)/t19-/m0/s1. The third kappa shape index (κ3) is 3.27. The molecule has 1 amide bonds. The molecule has 128 valence electrons. The number of thiophene rings is 1. The molecule has 4 heteroatoms. The lowest BCUT2D eigenvalue weighted by Crippen LogP contribution is -2.29. The van der Waals surface area contributed by atoms with E-state index in [4.69, 9.17) is 4.42 Å². The Bertz CT molecular complexity index is 879. The fraction of sp³-hybridized carbons (Fsp3) is 0.286. The fourth-order valence-corrected chi connectivity index (χ4v) is 4.31. The molecule has 1 N–H and O–H groups in total. The smallest absolute Gasteiger partial charge is 0.288 e. The zero-order valence-electron chi connectivity index (χ0n) is 14.2. The van der Waals surface area contributed by atoms with Gasteiger partial charge in [-0.15, -0.1) is 11.3 Å². The van der Waals surface area contributed by atoms with Gasteiger partial charge in [-0.05, 0) is 66.8 Å². The Morgan fingerprint density at radius 1 is 1.16 bits per heavy atom. The number of furan rings is 1. The molecule has 0 radical (unpaired) electrons. The molecular formula is C21H21NO2S. The number of benzene rings is 1. The van der Waals surface area contributed by atoms with Gasteiger partial charge in [-0.25, -0.2) is 0 Å². The zero-order chi connectivity index (χ0) is 17.2. The van der Waals surface area contributed by atoms with Gasteiger partial charge in [0.2, 0.25) is 0 Å². The van der Waals surface area contributed by atoms with Gasteiger partial charge in [0.15, 0.2) is 5.76 Å². The lowest BCUT2D eigenvalue weighted by atomic mass is 9.89. The van der Waals surface area contributed by atoms with Crippen LogP contribution in [0, 0.1) is 6.92 Å². The first-order valence-electron chi connectivity index (χ1n) is 8.72. The van der Waals surface area contributed by atoms with Crippen LogP contribution >= 0.6 is 11.3 Å². The van der Waals surface area contributed by atoms with Crippen LogP contribution in [0.1, 0.15) is 56.6 Å². The van der Waals surface area contributed by atoms with Crippen molar-refractivity contribution in [3.05, 3.63) is 80.9 Å². The number of hydrogen-bond acceptors (Lipinski definition) is 3. The van der Waals surface area contributed by atoms with Crippen molar-refractivity contribution in [3.63, 3.8) is 0 Å². The Labute approximate surface area is 151 Å².